The number of halogens is 2. The molecule has 2 aromatic carbocycles. The summed E-state index contributed by atoms with van der Waals surface area (Å²) in [4.78, 5) is 10.7. The van der Waals surface area contributed by atoms with Gasteiger partial charge in [-0.05, 0) is 29.8 Å². The number of carbonyl (C=O) groups is 1. The molecule has 0 saturated carbocycles. The first kappa shape index (κ1) is 16.0. The van der Waals surface area contributed by atoms with Crippen LogP contribution in [0.2, 0.25) is 10.0 Å². The van der Waals surface area contributed by atoms with E-state index in [4.69, 9.17) is 33.7 Å². The van der Waals surface area contributed by atoms with Gasteiger partial charge in [0, 0.05) is 5.75 Å². The highest BCUT2D eigenvalue weighted by atomic mass is 35.5. The van der Waals surface area contributed by atoms with Crippen LogP contribution in [-0.2, 0) is 10.5 Å². The number of carbonyl (C=O) groups excluding carboxylic acids is 1. The highest BCUT2D eigenvalue weighted by Gasteiger charge is 2.08. The molecular weight excluding hydrogens is 329 g/mol. The van der Waals surface area contributed by atoms with Gasteiger partial charge in [0.2, 0.25) is 5.91 Å². The fraction of sp³-hybridized carbons (Fsp3) is 0.133. The van der Waals surface area contributed by atoms with Crippen LogP contribution in [0.3, 0.4) is 0 Å². The summed E-state index contributed by atoms with van der Waals surface area (Å²) in [7, 11) is 0. The lowest BCUT2D eigenvalue weighted by Crippen LogP contribution is -2.13. The number of hydrogen-bond donors (Lipinski definition) is 1. The summed E-state index contributed by atoms with van der Waals surface area (Å²) >= 11 is 13.6. The smallest absolute Gasteiger partial charge is 0.227 e. The minimum Gasteiger partial charge on any atom is -0.454 e. The van der Waals surface area contributed by atoms with E-state index in [2.05, 4.69) is 0 Å². The Balaban J connectivity index is 2.01. The molecule has 0 aromatic heterocycles. The van der Waals surface area contributed by atoms with Gasteiger partial charge in [-0.15, -0.1) is 11.8 Å². The molecule has 0 heterocycles. The monoisotopic (exact) mass is 341 g/mol. The van der Waals surface area contributed by atoms with E-state index in [0.717, 1.165) is 11.3 Å². The number of rotatable bonds is 6. The number of thioether (sulfide) groups is 1. The fourth-order valence-electron chi connectivity index (χ4n) is 1.62. The van der Waals surface area contributed by atoms with Gasteiger partial charge in [0.05, 0.1) is 15.8 Å². The van der Waals surface area contributed by atoms with E-state index in [1.54, 1.807) is 18.2 Å². The molecule has 2 rings (SSSR count). The van der Waals surface area contributed by atoms with Crippen LogP contribution < -0.4 is 10.5 Å². The van der Waals surface area contributed by atoms with Crippen molar-refractivity contribution in [1.82, 2.24) is 0 Å². The van der Waals surface area contributed by atoms with Gasteiger partial charge in [-0.1, -0.05) is 41.4 Å². The Kier molecular flexibility index (Phi) is 5.79. The topological polar surface area (TPSA) is 52.3 Å². The number of amides is 1. The SMILES string of the molecule is NC(=O)CSCc1ccc(Oc2c(Cl)cccc2Cl)cc1. The van der Waals surface area contributed by atoms with Gasteiger partial charge in [-0.2, -0.15) is 0 Å². The van der Waals surface area contributed by atoms with Gasteiger partial charge in [0.15, 0.2) is 5.75 Å². The molecule has 0 atom stereocenters. The molecule has 0 aliphatic rings. The highest BCUT2D eigenvalue weighted by molar-refractivity contribution is 7.99. The van der Waals surface area contributed by atoms with Crippen LogP contribution in [0.25, 0.3) is 0 Å². The highest BCUT2D eigenvalue weighted by Crippen LogP contribution is 2.36. The van der Waals surface area contributed by atoms with Gasteiger partial charge >= 0.3 is 0 Å². The van der Waals surface area contributed by atoms with Crippen molar-refractivity contribution in [3.8, 4) is 11.5 Å². The van der Waals surface area contributed by atoms with Gasteiger partial charge in [0.1, 0.15) is 5.75 Å². The molecule has 1 amide bonds. The Morgan fingerprint density at radius 3 is 2.29 bits per heavy atom. The van der Waals surface area contributed by atoms with Gasteiger partial charge in [-0.25, -0.2) is 0 Å². The van der Waals surface area contributed by atoms with Crippen LogP contribution in [0.5, 0.6) is 11.5 Å². The summed E-state index contributed by atoms with van der Waals surface area (Å²) in [5, 5.41) is 0.923. The maximum absolute atomic E-state index is 10.7. The van der Waals surface area contributed by atoms with Crippen LogP contribution in [0.15, 0.2) is 42.5 Å². The maximum atomic E-state index is 10.7. The lowest BCUT2D eigenvalue weighted by molar-refractivity contribution is -0.115. The third-order valence-corrected chi connectivity index (χ3v) is 4.20. The van der Waals surface area contributed by atoms with E-state index < -0.39 is 0 Å². The van der Waals surface area contributed by atoms with Crippen molar-refractivity contribution in [2.75, 3.05) is 5.75 Å². The number of primary amides is 1. The van der Waals surface area contributed by atoms with Crippen LogP contribution in [0.1, 0.15) is 5.56 Å². The number of para-hydroxylation sites is 1. The third kappa shape index (κ3) is 4.84. The number of ether oxygens (including phenoxy) is 1. The average Bonchev–Trinajstić information content (AvgIpc) is 2.44. The molecule has 0 bridgehead atoms. The molecule has 0 aliphatic heterocycles. The van der Waals surface area contributed by atoms with Crippen LogP contribution in [0.4, 0.5) is 0 Å². The van der Waals surface area contributed by atoms with Gasteiger partial charge in [-0.3, -0.25) is 4.79 Å². The Hall–Kier alpha value is -1.36. The molecule has 0 radical (unpaired) electrons. The quantitative estimate of drug-likeness (QED) is 0.841. The first-order valence-corrected chi connectivity index (χ1v) is 8.04. The van der Waals surface area contributed by atoms with E-state index in [1.807, 2.05) is 24.3 Å². The first-order valence-electron chi connectivity index (χ1n) is 6.13. The Labute approximate surface area is 137 Å². The van der Waals surface area contributed by atoms with E-state index in [-0.39, 0.29) is 5.91 Å². The van der Waals surface area contributed by atoms with Crippen molar-refractivity contribution in [1.29, 1.82) is 0 Å². The molecule has 2 aromatic rings. The summed E-state index contributed by atoms with van der Waals surface area (Å²) < 4.78 is 5.69. The molecule has 0 saturated heterocycles. The van der Waals surface area contributed by atoms with E-state index in [9.17, 15) is 4.79 Å². The molecule has 0 fully saturated rings. The normalized spacial score (nSPS) is 10.4. The van der Waals surface area contributed by atoms with Crippen molar-refractivity contribution >= 4 is 40.9 Å². The molecule has 21 heavy (non-hydrogen) atoms. The van der Waals surface area contributed by atoms with Gasteiger partial charge in [0.25, 0.3) is 0 Å². The second-order valence-corrected chi connectivity index (χ2v) is 6.06. The molecule has 110 valence electrons. The van der Waals surface area contributed by atoms with Crippen molar-refractivity contribution in [2.24, 2.45) is 5.73 Å². The molecule has 0 spiro atoms. The van der Waals surface area contributed by atoms with Crippen molar-refractivity contribution in [3.63, 3.8) is 0 Å². The zero-order valence-corrected chi connectivity index (χ0v) is 13.3. The lowest BCUT2D eigenvalue weighted by atomic mass is 10.2. The zero-order chi connectivity index (χ0) is 15.2. The summed E-state index contributed by atoms with van der Waals surface area (Å²) in [6, 6.07) is 12.7. The average molecular weight is 342 g/mol. The maximum Gasteiger partial charge on any atom is 0.227 e. The number of benzene rings is 2. The minimum absolute atomic E-state index is 0.312. The standard InChI is InChI=1S/C15H13Cl2NO2S/c16-12-2-1-3-13(17)15(12)20-11-6-4-10(5-7-11)8-21-9-14(18)19/h1-7H,8-9H2,(H2,18,19). The molecular formula is C15H13Cl2NO2S. The second-order valence-electron chi connectivity index (χ2n) is 4.26. The molecule has 3 nitrogen and oxygen atoms in total. The van der Waals surface area contributed by atoms with Crippen molar-refractivity contribution in [3.05, 3.63) is 58.1 Å². The van der Waals surface area contributed by atoms with E-state index >= 15 is 0 Å². The van der Waals surface area contributed by atoms with Crippen LogP contribution in [-0.4, -0.2) is 11.7 Å². The Morgan fingerprint density at radius 1 is 1.10 bits per heavy atom. The lowest BCUT2D eigenvalue weighted by Gasteiger charge is -2.09. The number of nitrogens with two attached hydrogens (primary N) is 1. The van der Waals surface area contributed by atoms with E-state index in [0.29, 0.717) is 27.3 Å². The summed E-state index contributed by atoms with van der Waals surface area (Å²) in [6.07, 6.45) is 0. The fourth-order valence-corrected chi connectivity index (χ4v) is 2.83. The minimum atomic E-state index is -0.312. The first-order chi connectivity index (χ1) is 10.1. The largest absolute Gasteiger partial charge is 0.454 e. The number of hydrogen-bond acceptors (Lipinski definition) is 3. The molecule has 0 aliphatic carbocycles. The van der Waals surface area contributed by atoms with Crippen molar-refractivity contribution in [2.45, 2.75) is 5.75 Å². The molecule has 0 unspecified atom stereocenters. The Morgan fingerprint density at radius 2 is 1.71 bits per heavy atom. The summed E-state index contributed by atoms with van der Waals surface area (Å²) in [5.41, 5.74) is 6.17. The van der Waals surface area contributed by atoms with Crippen LogP contribution >= 0.6 is 35.0 Å². The molecule has 2 N–H and O–H groups in total. The zero-order valence-electron chi connectivity index (χ0n) is 11.0. The van der Waals surface area contributed by atoms with Crippen molar-refractivity contribution < 1.29 is 9.53 Å². The predicted octanol–water partition coefficient (Wildman–Crippen LogP) is 4.50. The molecule has 6 heteroatoms. The Bertz CT molecular complexity index is 612. The van der Waals surface area contributed by atoms with Gasteiger partial charge < -0.3 is 10.5 Å². The van der Waals surface area contributed by atoms with Crippen LogP contribution in [0, 0.1) is 0 Å². The predicted molar refractivity (Wildman–Crippen MR) is 88.3 cm³/mol. The third-order valence-electron chi connectivity index (χ3n) is 2.58. The van der Waals surface area contributed by atoms with E-state index in [1.165, 1.54) is 11.8 Å². The second kappa shape index (κ2) is 7.59. The summed E-state index contributed by atoms with van der Waals surface area (Å²) in [5.74, 6) is 1.81. The summed E-state index contributed by atoms with van der Waals surface area (Å²) in [6.45, 7) is 0.